The first-order valence-corrected chi connectivity index (χ1v) is 8.97. The Balaban J connectivity index is 2.59. The van der Waals surface area contributed by atoms with Gasteiger partial charge in [-0.1, -0.05) is 30.3 Å². The van der Waals surface area contributed by atoms with Crippen LogP contribution in [-0.4, -0.2) is 34.5 Å². The molecule has 2 rings (SSSR count). The van der Waals surface area contributed by atoms with E-state index in [2.05, 4.69) is 0 Å². The number of anilines is 1. The van der Waals surface area contributed by atoms with Crippen LogP contribution in [0.15, 0.2) is 40.8 Å². The van der Waals surface area contributed by atoms with Gasteiger partial charge in [-0.3, -0.25) is 0 Å². The van der Waals surface area contributed by atoms with Crippen LogP contribution in [0.3, 0.4) is 0 Å². The fourth-order valence-corrected chi connectivity index (χ4v) is 2.33. The molecule has 0 atom stereocenters. The zero-order valence-electron chi connectivity index (χ0n) is 17.3. The van der Waals surface area contributed by atoms with Gasteiger partial charge in [0.2, 0.25) is 5.76 Å². The minimum atomic E-state index is -1.45. The van der Waals surface area contributed by atoms with Crippen molar-refractivity contribution >= 4 is 23.8 Å². The smallest absolute Gasteiger partial charge is 0.424 e. The molecule has 0 saturated carbocycles. The number of furan rings is 1. The van der Waals surface area contributed by atoms with Gasteiger partial charge in [0, 0.05) is 11.6 Å². The van der Waals surface area contributed by atoms with Crippen molar-refractivity contribution < 1.29 is 33.4 Å². The standard InChI is InChI=1S/C21H25NO7/c1-20(2,3)28-18(25)22(19(26)29-21(4,5)6)14-12-15(27-16(14)17(23)24)13-10-8-7-9-11-13/h7-12H,1-6H3,(H,23,24). The van der Waals surface area contributed by atoms with Gasteiger partial charge >= 0.3 is 18.2 Å². The molecule has 0 saturated heterocycles. The second-order valence-corrected chi connectivity index (χ2v) is 8.29. The van der Waals surface area contributed by atoms with Gasteiger partial charge in [0.1, 0.15) is 22.6 Å². The molecule has 0 fully saturated rings. The van der Waals surface area contributed by atoms with E-state index in [4.69, 9.17) is 13.9 Å². The van der Waals surface area contributed by atoms with E-state index in [0.717, 1.165) is 0 Å². The molecule has 1 aromatic carbocycles. The maximum absolute atomic E-state index is 12.8. The molecule has 156 valence electrons. The molecule has 0 spiro atoms. The fourth-order valence-electron chi connectivity index (χ4n) is 2.33. The van der Waals surface area contributed by atoms with Crippen molar-refractivity contribution in [1.29, 1.82) is 0 Å². The molecule has 2 aromatic rings. The van der Waals surface area contributed by atoms with Crippen LogP contribution in [0, 0.1) is 0 Å². The monoisotopic (exact) mass is 403 g/mol. The van der Waals surface area contributed by atoms with Crippen molar-refractivity contribution in [2.75, 3.05) is 4.90 Å². The van der Waals surface area contributed by atoms with Crippen molar-refractivity contribution in [2.24, 2.45) is 0 Å². The topological polar surface area (TPSA) is 106 Å². The molecular formula is C21H25NO7. The molecule has 0 unspecified atom stereocenters. The third kappa shape index (κ3) is 5.84. The molecule has 0 aliphatic rings. The van der Waals surface area contributed by atoms with Gasteiger partial charge in [0.15, 0.2) is 0 Å². The number of aromatic carboxylic acids is 1. The largest absolute Gasteiger partial charge is 0.475 e. The van der Waals surface area contributed by atoms with Crippen molar-refractivity contribution in [3.63, 3.8) is 0 Å². The van der Waals surface area contributed by atoms with E-state index in [1.807, 2.05) is 0 Å². The summed E-state index contributed by atoms with van der Waals surface area (Å²) in [6.07, 6.45) is -2.15. The number of nitrogens with zero attached hydrogens (tertiary/aromatic N) is 1. The van der Waals surface area contributed by atoms with Crippen molar-refractivity contribution in [3.05, 3.63) is 42.2 Å². The number of imide groups is 1. The van der Waals surface area contributed by atoms with Crippen LogP contribution < -0.4 is 4.90 Å². The van der Waals surface area contributed by atoms with Gasteiger partial charge in [-0.15, -0.1) is 0 Å². The zero-order chi connectivity index (χ0) is 22.0. The molecule has 0 bridgehead atoms. The lowest BCUT2D eigenvalue weighted by molar-refractivity contribution is 0.0430. The van der Waals surface area contributed by atoms with Crippen LogP contribution in [0.1, 0.15) is 52.1 Å². The van der Waals surface area contributed by atoms with E-state index in [1.54, 1.807) is 71.9 Å². The van der Waals surface area contributed by atoms with E-state index in [0.29, 0.717) is 10.5 Å². The van der Waals surface area contributed by atoms with Crippen LogP contribution in [-0.2, 0) is 9.47 Å². The Morgan fingerprint density at radius 3 is 1.79 bits per heavy atom. The number of carboxylic acids is 1. The SMILES string of the molecule is CC(C)(C)OC(=O)N(C(=O)OC(C)(C)C)c1cc(-c2ccccc2)oc1C(=O)O. The summed E-state index contributed by atoms with van der Waals surface area (Å²) >= 11 is 0. The van der Waals surface area contributed by atoms with Crippen LogP contribution in [0.25, 0.3) is 11.3 Å². The quantitative estimate of drug-likeness (QED) is 0.739. The number of carbonyl (C=O) groups excluding carboxylic acids is 2. The van der Waals surface area contributed by atoms with Crippen LogP contribution in [0.4, 0.5) is 15.3 Å². The third-order valence-electron chi connectivity index (χ3n) is 3.36. The summed E-state index contributed by atoms with van der Waals surface area (Å²) in [5.41, 5.74) is -1.55. The maximum Gasteiger partial charge on any atom is 0.424 e. The number of carbonyl (C=O) groups is 3. The average Bonchev–Trinajstić information content (AvgIpc) is 2.97. The summed E-state index contributed by atoms with van der Waals surface area (Å²) in [5, 5.41) is 9.58. The number of rotatable bonds is 3. The summed E-state index contributed by atoms with van der Waals surface area (Å²) in [7, 11) is 0. The van der Waals surface area contributed by atoms with Gasteiger partial charge < -0.3 is 19.0 Å². The molecule has 0 aliphatic carbocycles. The zero-order valence-corrected chi connectivity index (χ0v) is 17.3. The number of hydrogen-bond acceptors (Lipinski definition) is 6. The first-order chi connectivity index (χ1) is 13.3. The van der Waals surface area contributed by atoms with E-state index in [-0.39, 0.29) is 11.4 Å². The van der Waals surface area contributed by atoms with Crippen molar-refractivity contribution in [2.45, 2.75) is 52.7 Å². The Bertz CT molecular complexity index is 873. The Morgan fingerprint density at radius 2 is 1.38 bits per heavy atom. The third-order valence-corrected chi connectivity index (χ3v) is 3.36. The van der Waals surface area contributed by atoms with Gasteiger partial charge in [-0.05, 0) is 41.5 Å². The van der Waals surface area contributed by atoms with Crippen LogP contribution in [0.2, 0.25) is 0 Å². The molecule has 2 amide bonds. The molecule has 0 radical (unpaired) electrons. The molecule has 1 N–H and O–H groups in total. The van der Waals surface area contributed by atoms with Gasteiger partial charge in [-0.2, -0.15) is 4.90 Å². The Labute approximate surface area is 169 Å². The van der Waals surface area contributed by atoms with E-state index in [9.17, 15) is 19.5 Å². The second-order valence-electron chi connectivity index (χ2n) is 8.29. The summed E-state index contributed by atoms with van der Waals surface area (Å²) in [5.74, 6) is -1.85. The summed E-state index contributed by atoms with van der Waals surface area (Å²) < 4.78 is 16.0. The predicted octanol–water partition coefficient (Wildman–Crippen LogP) is 5.32. The Morgan fingerprint density at radius 1 is 0.897 bits per heavy atom. The van der Waals surface area contributed by atoms with Crippen molar-refractivity contribution in [1.82, 2.24) is 0 Å². The fraction of sp³-hybridized carbons (Fsp3) is 0.381. The lowest BCUT2D eigenvalue weighted by Gasteiger charge is -2.28. The number of amides is 2. The van der Waals surface area contributed by atoms with Crippen LogP contribution >= 0.6 is 0 Å². The van der Waals surface area contributed by atoms with Crippen molar-refractivity contribution in [3.8, 4) is 11.3 Å². The second kappa shape index (κ2) is 7.98. The highest BCUT2D eigenvalue weighted by atomic mass is 16.6. The van der Waals surface area contributed by atoms with Gasteiger partial charge in [-0.25, -0.2) is 14.4 Å². The first kappa shape index (κ1) is 22.0. The summed E-state index contributed by atoms with van der Waals surface area (Å²) in [6.45, 7) is 9.76. The molecule has 0 aliphatic heterocycles. The lowest BCUT2D eigenvalue weighted by Crippen LogP contribution is -2.44. The highest BCUT2D eigenvalue weighted by molar-refractivity contribution is 6.13. The highest BCUT2D eigenvalue weighted by Crippen LogP contribution is 2.33. The molecule has 8 nitrogen and oxygen atoms in total. The normalized spacial score (nSPS) is 11.7. The average molecular weight is 403 g/mol. The Kier molecular flexibility index (Phi) is 6.06. The molecule has 29 heavy (non-hydrogen) atoms. The number of benzene rings is 1. The molecule has 1 aromatic heterocycles. The van der Waals surface area contributed by atoms with Crippen LogP contribution in [0.5, 0.6) is 0 Å². The number of hydrogen-bond donors (Lipinski definition) is 1. The van der Waals surface area contributed by atoms with E-state index < -0.39 is 35.1 Å². The summed E-state index contributed by atoms with van der Waals surface area (Å²) in [4.78, 5) is 37.9. The minimum absolute atomic E-state index is 0.176. The maximum atomic E-state index is 12.8. The predicted molar refractivity (Wildman–Crippen MR) is 106 cm³/mol. The number of ether oxygens (including phenoxy) is 2. The molecule has 8 heteroatoms. The lowest BCUT2D eigenvalue weighted by atomic mass is 10.1. The van der Waals surface area contributed by atoms with E-state index >= 15 is 0 Å². The first-order valence-electron chi connectivity index (χ1n) is 8.97. The number of carboxylic acid groups (broad SMARTS) is 1. The Hall–Kier alpha value is -3.29. The van der Waals surface area contributed by atoms with E-state index in [1.165, 1.54) is 6.07 Å². The van der Waals surface area contributed by atoms with Gasteiger partial charge in [0.25, 0.3) is 0 Å². The molecule has 1 heterocycles. The van der Waals surface area contributed by atoms with Gasteiger partial charge in [0.05, 0.1) is 0 Å². The highest BCUT2D eigenvalue weighted by Gasteiger charge is 2.37. The summed E-state index contributed by atoms with van der Waals surface area (Å²) in [6, 6.07) is 10.00. The minimum Gasteiger partial charge on any atom is -0.475 e. The molecular weight excluding hydrogens is 378 g/mol.